The molecule has 2 unspecified atom stereocenters. The third-order valence-corrected chi connectivity index (χ3v) is 5.51. The van der Waals surface area contributed by atoms with Crippen molar-refractivity contribution in [2.75, 3.05) is 47.0 Å². The number of aliphatic hydroxyl groups is 1. The molecule has 6 nitrogen and oxygen atoms in total. The van der Waals surface area contributed by atoms with Gasteiger partial charge in [-0.25, -0.2) is 0 Å². The fourth-order valence-electron chi connectivity index (χ4n) is 3.86. The lowest BCUT2D eigenvalue weighted by Gasteiger charge is -2.29. The molecule has 3 rings (SSSR count). The van der Waals surface area contributed by atoms with Gasteiger partial charge in [0.25, 0.3) is 0 Å². The van der Waals surface area contributed by atoms with Crippen molar-refractivity contribution in [3.8, 4) is 11.5 Å². The van der Waals surface area contributed by atoms with E-state index in [0.29, 0.717) is 25.8 Å². The number of rotatable bonds is 12. The number of likely N-dealkylation sites (tertiary alicyclic amines) is 1. The number of nitrogens with zero attached hydrogens (tertiary/aromatic N) is 1. The number of ether oxygens (including phenoxy) is 3. The van der Waals surface area contributed by atoms with Gasteiger partial charge in [-0.15, -0.1) is 0 Å². The summed E-state index contributed by atoms with van der Waals surface area (Å²) < 4.78 is 16.2. The molecule has 0 spiro atoms. The molecule has 2 aromatic carbocycles. The SMILES string of the molecule is COc1ccc(C(CNCC(O)COCc2cccc(OC)c2)N2CCCC2)cc1. The maximum atomic E-state index is 10.3. The Hall–Kier alpha value is -2.12. The molecule has 6 heteroatoms. The molecule has 2 aromatic rings. The van der Waals surface area contributed by atoms with Gasteiger partial charge in [-0.3, -0.25) is 4.90 Å². The van der Waals surface area contributed by atoms with Gasteiger partial charge < -0.3 is 24.6 Å². The van der Waals surface area contributed by atoms with Gasteiger partial charge in [0.15, 0.2) is 0 Å². The summed E-state index contributed by atoms with van der Waals surface area (Å²) in [7, 11) is 3.34. The topological polar surface area (TPSA) is 63.2 Å². The summed E-state index contributed by atoms with van der Waals surface area (Å²) in [5.74, 6) is 1.68. The Kier molecular flexibility index (Phi) is 8.96. The molecular formula is C24H34N2O4. The first-order chi connectivity index (χ1) is 14.7. The van der Waals surface area contributed by atoms with Crippen LogP contribution < -0.4 is 14.8 Å². The lowest BCUT2D eigenvalue weighted by atomic mass is 10.1. The predicted octanol–water partition coefficient (Wildman–Crippen LogP) is 3.01. The number of hydrogen-bond donors (Lipinski definition) is 2. The van der Waals surface area contributed by atoms with Crippen LogP contribution in [0.25, 0.3) is 0 Å². The van der Waals surface area contributed by atoms with Crippen molar-refractivity contribution in [3.63, 3.8) is 0 Å². The zero-order chi connectivity index (χ0) is 21.2. The van der Waals surface area contributed by atoms with Crippen LogP contribution in [-0.4, -0.2) is 63.1 Å². The van der Waals surface area contributed by atoms with Gasteiger partial charge in [-0.1, -0.05) is 24.3 Å². The second-order valence-corrected chi connectivity index (χ2v) is 7.71. The minimum absolute atomic E-state index is 0.293. The molecule has 0 bridgehead atoms. The zero-order valence-electron chi connectivity index (χ0n) is 18.0. The Bertz CT molecular complexity index is 747. The molecule has 1 aliphatic rings. The monoisotopic (exact) mass is 414 g/mol. The molecule has 30 heavy (non-hydrogen) atoms. The van der Waals surface area contributed by atoms with Crippen molar-refractivity contribution in [1.82, 2.24) is 10.2 Å². The average molecular weight is 415 g/mol. The van der Waals surface area contributed by atoms with E-state index in [1.165, 1.54) is 18.4 Å². The number of aliphatic hydroxyl groups excluding tert-OH is 1. The summed E-state index contributed by atoms with van der Waals surface area (Å²) in [6.07, 6.45) is 1.94. The highest BCUT2D eigenvalue weighted by Gasteiger charge is 2.23. The summed E-state index contributed by atoms with van der Waals surface area (Å²) in [5.41, 5.74) is 2.30. The van der Waals surface area contributed by atoms with Gasteiger partial charge in [0.05, 0.1) is 33.5 Å². The fraction of sp³-hybridized carbons (Fsp3) is 0.500. The van der Waals surface area contributed by atoms with Crippen LogP contribution in [-0.2, 0) is 11.3 Å². The number of methoxy groups -OCH3 is 2. The standard InChI is InChI=1S/C24H34N2O4/c1-28-22-10-8-20(9-11-22)24(26-12-3-4-13-26)16-25-15-21(27)18-30-17-19-6-5-7-23(14-19)29-2/h5-11,14,21,24-25,27H,3-4,12-13,15-18H2,1-2H3. The van der Waals surface area contributed by atoms with E-state index >= 15 is 0 Å². The van der Waals surface area contributed by atoms with Crippen molar-refractivity contribution in [2.24, 2.45) is 0 Å². The van der Waals surface area contributed by atoms with Crippen LogP contribution in [0, 0.1) is 0 Å². The Morgan fingerprint density at radius 3 is 2.40 bits per heavy atom. The highest BCUT2D eigenvalue weighted by atomic mass is 16.5. The highest BCUT2D eigenvalue weighted by molar-refractivity contribution is 5.30. The van der Waals surface area contributed by atoms with Crippen LogP contribution in [0.5, 0.6) is 11.5 Å². The molecule has 0 radical (unpaired) electrons. The second kappa shape index (κ2) is 11.9. The lowest BCUT2D eigenvalue weighted by Crippen LogP contribution is -2.38. The van der Waals surface area contributed by atoms with Crippen molar-refractivity contribution >= 4 is 0 Å². The van der Waals surface area contributed by atoms with Gasteiger partial charge >= 0.3 is 0 Å². The zero-order valence-corrected chi connectivity index (χ0v) is 18.0. The van der Waals surface area contributed by atoms with Gasteiger partial charge in [-0.2, -0.15) is 0 Å². The van der Waals surface area contributed by atoms with E-state index in [-0.39, 0.29) is 0 Å². The van der Waals surface area contributed by atoms with E-state index in [9.17, 15) is 5.11 Å². The molecule has 1 aliphatic heterocycles. The number of nitrogens with one attached hydrogen (secondary N) is 1. The first-order valence-corrected chi connectivity index (χ1v) is 10.7. The molecule has 0 amide bonds. The smallest absolute Gasteiger partial charge is 0.119 e. The summed E-state index contributed by atoms with van der Waals surface area (Å²) in [6.45, 7) is 4.27. The van der Waals surface area contributed by atoms with Crippen LogP contribution in [0.15, 0.2) is 48.5 Å². The normalized spacial score (nSPS) is 16.4. The quantitative estimate of drug-likeness (QED) is 0.557. The van der Waals surface area contributed by atoms with Crippen LogP contribution in [0.3, 0.4) is 0 Å². The Morgan fingerprint density at radius 2 is 1.70 bits per heavy atom. The predicted molar refractivity (Wildman–Crippen MR) is 118 cm³/mol. The lowest BCUT2D eigenvalue weighted by molar-refractivity contribution is 0.0280. The summed E-state index contributed by atoms with van der Waals surface area (Å²) in [4.78, 5) is 2.51. The van der Waals surface area contributed by atoms with Gasteiger partial charge in [0.2, 0.25) is 0 Å². The number of benzene rings is 2. The third-order valence-electron chi connectivity index (χ3n) is 5.51. The van der Waals surface area contributed by atoms with E-state index in [1.54, 1.807) is 14.2 Å². The van der Waals surface area contributed by atoms with Crippen LogP contribution in [0.1, 0.15) is 30.0 Å². The van der Waals surface area contributed by atoms with Crippen LogP contribution >= 0.6 is 0 Å². The fourth-order valence-corrected chi connectivity index (χ4v) is 3.86. The highest BCUT2D eigenvalue weighted by Crippen LogP contribution is 2.26. The maximum Gasteiger partial charge on any atom is 0.119 e. The van der Waals surface area contributed by atoms with E-state index in [1.807, 2.05) is 36.4 Å². The van der Waals surface area contributed by atoms with Crippen LogP contribution in [0.2, 0.25) is 0 Å². The maximum absolute atomic E-state index is 10.3. The molecule has 164 valence electrons. The summed E-state index contributed by atoms with van der Waals surface area (Å²) in [6, 6.07) is 16.4. The molecule has 2 atom stereocenters. The van der Waals surface area contributed by atoms with E-state index in [0.717, 1.165) is 36.7 Å². The number of hydrogen-bond acceptors (Lipinski definition) is 6. The molecule has 1 saturated heterocycles. The van der Waals surface area contributed by atoms with Crippen molar-refractivity contribution < 1.29 is 19.3 Å². The van der Waals surface area contributed by atoms with Crippen molar-refractivity contribution in [3.05, 3.63) is 59.7 Å². The molecule has 0 saturated carbocycles. The van der Waals surface area contributed by atoms with E-state index in [2.05, 4.69) is 22.3 Å². The first kappa shape index (κ1) is 22.6. The van der Waals surface area contributed by atoms with E-state index in [4.69, 9.17) is 14.2 Å². The van der Waals surface area contributed by atoms with Crippen molar-refractivity contribution in [2.45, 2.75) is 31.6 Å². The van der Waals surface area contributed by atoms with E-state index < -0.39 is 6.10 Å². The van der Waals surface area contributed by atoms with Crippen molar-refractivity contribution in [1.29, 1.82) is 0 Å². The third kappa shape index (κ3) is 6.71. The molecular weight excluding hydrogens is 380 g/mol. The largest absolute Gasteiger partial charge is 0.497 e. The Balaban J connectivity index is 1.44. The molecule has 1 fully saturated rings. The van der Waals surface area contributed by atoms with Gasteiger partial charge in [0, 0.05) is 19.1 Å². The van der Waals surface area contributed by atoms with Gasteiger partial charge in [0.1, 0.15) is 11.5 Å². The summed E-state index contributed by atoms with van der Waals surface area (Å²) >= 11 is 0. The Morgan fingerprint density at radius 1 is 0.967 bits per heavy atom. The molecule has 0 aromatic heterocycles. The average Bonchev–Trinajstić information content (AvgIpc) is 3.31. The van der Waals surface area contributed by atoms with Gasteiger partial charge in [-0.05, 0) is 61.3 Å². The second-order valence-electron chi connectivity index (χ2n) is 7.71. The summed E-state index contributed by atoms with van der Waals surface area (Å²) in [5, 5.41) is 13.7. The first-order valence-electron chi connectivity index (χ1n) is 10.7. The minimum Gasteiger partial charge on any atom is -0.497 e. The Labute approximate surface area is 179 Å². The molecule has 0 aliphatic carbocycles. The molecule has 1 heterocycles. The minimum atomic E-state index is -0.550. The van der Waals surface area contributed by atoms with Crippen LogP contribution in [0.4, 0.5) is 0 Å². The molecule has 2 N–H and O–H groups in total.